The van der Waals surface area contributed by atoms with Gasteiger partial charge in [-0.05, 0) is 33.2 Å². The second kappa shape index (κ2) is 6.53. The Balaban J connectivity index is 2.38. The molecule has 2 unspecified atom stereocenters. The zero-order valence-electron chi connectivity index (χ0n) is 13.5. The maximum Gasteiger partial charge on any atom is 0.131 e. The van der Waals surface area contributed by atoms with Crippen molar-refractivity contribution in [2.75, 3.05) is 11.9 Å². The molecule has 2 heterocycles. The molecule has 20 heavy (non-hydrogen) atoms. The number of hydrogen-bond acceptors (Lipinski definition) is 4. The molecule has 1 aliphatic heterocycles. The molecule has 0 aromatic carbocycles. The van der Waals surface area contributed by atoms with Crippen molar-refractivity contribution in [3.8, 4) is 0 Å². The van der Waals surface area contributed by atoms with Crippen molar-refractivity contribution in [2.45, 2.75) is 71.5 Å². The van der Waals surface area contributed by atoms with E-state index in [1.54, 1.807) is 0 Å². The zero-order chi connectivity index (χ0) is 14.7. The minimum Gasteiger partial charge on any atom is -0.363 e. The number of aromatic nitrogens is 2. The zero-order valence-corrected chi connectivity index (χ0v) is 13.5. The summed E-state index contributed by atoms with van der Waals surface area (Å²) in [5.74, 6) is 1.32. The normalized spacial score (nSPS) is 22.8. The largest absolute Gasteiger partial charge is 0.363 e. The van der Waals surface area contributed by atoms with Crippen LogP contribution in [0.15, 0.2) is 6.20 Å². The molecule has 0 saturated carbocycles. The second-order valence-electron chi connectivity index (χ2n) is 6.14. The molecule has 1 saturated heterocycles. The highest BCUT2D eigenvalue weighted by molar-refractivity contribution is 5.52. The van der Waals surface area contributed by atoms with Crippen LogP contribution in [0.4, 0.5) is 5.69 Å². The standard InChI is InChI=1S/C16H28N4/c1-6-13-8-7-12(4)20(13)15-10-18-16(11(2)3)19-14(15)9-17-5/h10-13,17H,6-9H2,1-5H3. The van der Waals surface area contributed by atoms with Crippen molar-refractivity contribution in [2.24, 2.45) is 0 Å². The lowest BCUT2D eigenvalue weighted by molar-refractivity contribution is 0.615. The molecule has 2 atom stereocenters. The average molecular weight is 276 g/mol. The van der Waals surface area contributed by atoms with E-state index in [2.05, 4.69) is 42.9 Å². The van der Waals surface area contributed by atoms with E-state index in [0.717, 1.165) is 18.1 Å². The summed E-state index contributed by atoms with van der Waals surface area (Å²) in [6.07, 6.45) is 5.78. The Hall–Kier alpha value is -1.16. The Morgan fingerprint density at radius 3 is 2.75 bits per heavy atom. The molecule has 1 aromatic rings. The van der Waals surface area contributed by atoms with Gasteiger partial charge in [-0.3, -0.25) is 0 Å². The third kappa shape index (κ3) is 2.95. The maximum absolute atomic E-state index is 4.79. The van der Waals surface area contributed by atoms with Crippen LogP contribution < -0.4 is 10.2 Å². The van der Waals surface area contributed by atoms with Gasteiger partial charge in [0.15, 0.2) is 0 Å². The molecule has 4 nitrogen and oxygen atoms in total. The monoisotopic (exact) mass is 276 g/mol. The molecule has 1 aromatic heterocycles. The van der Waals surface area contributed by atoms with Gasteiger partial charge in [0.05, 0.1) is 17.6 Å². The van der Waals surface area contributed by atoms with Crippen LogP contribution in [-0.2, 0) is 6.54 Å². The number of hydrogen-bond donors (Lipinski definition) is 1. The average Bonchev–Trinajstić information content (AvgIpc) is 2.80. The minimum absolute atomic E-state index is 0.373. The fraction of sp³-hybridized carbons (Fsp3) is 0.750. The summed E-state index contributed by atoms with van der Waals surface area (Å²) in [4.78, 5) is 11.9. The molecule has 4 heteroatoms. The summed E-state index contributed by atoms with van der Waals surface area (Å²) in [5.41, 5.74) is 2.36. The van der Waals surface area contributed by atoms with Gasteiger partial charge in [0.25, 0.3) is 0 Å². The number of anilines is 1. The molecule has 112 valence electrons. The predicted octanol–water partition coefficient (Wildman–Crippen LogP) is 3.09. The topological polar surface area (TPSA) is 41.1 Å². The molecule has 0 spiro atoms. The van der Waals surface area contributed by atoms with Gasteiger partial charge in [0.1, 0.15) is 5.82 Å². The molecule has 0 bridgehead atoms. The lowest BCUT2D eigenvalue weighted by atomic mass is 10.1. The van der Waals surface area contributed by atoms with Gasteiger partial charge in [0, 0.05) is 24.5 Å². The molecule has 0 radical (unpaired) electrons. The first kappa shape index (κ1) is 15.2. The number of nitrogens with zero attached hydrogens (tertiary/aromatic N) is 3. The highest BCUT2D eigenvalue weighted by atomic mass is 15.2. The summed E-state index contributed by atoms with van der Waals surface area (Å²) in [6.45, 7) is 9.68. The van der Waals surface area contributed by atoms with Crippen molar-refractivity contribution in [1.82, 2.24) is 15.3 Å². The Morgan fingerprint density at radius 1 is 1.40 bits per heavy atom. The number of rotatable bonds is 5. The first-order valence-electron chi connectivity index (χ1n) is 7.87. The van der Waals surface area contributed by atoms with Gasteiger partial charge in [-0.15, -0.1) is 0 Å². The van der Waals surface area contributed by atoms with E-state index >= 15 is 0 Å². The van der Waals surface area contributed by atoms with E-state index in [1.165, 1.54) is 24.9 Å². The van der Waals surface area contributed by atoms with Crippen LogP contribution >= 0.6 is 0 Å². The van der Waals surface area contributed by atoms with E-state index in [9.17, 15) is 0 Å². The van der Waals surface area contributed by atoms with Gasteiger partial charge in [-0.1, -0.05) is 20.8 Å². The quantitative estimate of drug-likeness (QED) is 0.897. The molecular weight excluding hydrogens is 248 g/mol. The van der Waals surface area contributed by atoms with Gasteiger partial charge in [-0.25, -0.2) is 9.97 Å². The van der Waals surface area contributed by atoms with Crippen LogP contribution in [0.2, 0.25) is 0 Å². The molecular formula is C16H28N4. The molecule has 1 aliphatic rings. The summed E-state index contributed by atoms with van der Waals surface area (Å²) in [6, 6.07) is 1.22. The van der Waals surface area contributed by atoms with Crippen LogP contribution in [0.1, 0.15) is 64.4 Å². The smallest absolute Gasteiger partial charge is 0.131 e. The van der Waals surface area contributed by atoms with Crippen molar-refractivity contribution in [3.63, 3.8) is 0 Å². The SMILES string of the molecule is CCC1CCC(C)N1c1cnc(C(C)C)nc1CNC. The third-order valence-corrected chi connectivity index (χ3v) is 4.26. The van der Waals surface area contributed by atoms with Gasteiger partial charge < -0.3 is 10.2 Å². The van der Waals surface area contributed by atoms with Crippen LogP contribution in [-0.4, -0.2) is 29.1 Å². The maximum atomic E-state index is 4.79. The Bertz CT molecular complexity index is 444. The molecule has 0 amide bonds. The van der Waals surface area contributed by atoms with Crippen LogP contribution in [0.5, 0.6) is 0 Å². The van der Waals surface area contributed by atoms with Crippen molar-refractivity contribution in [1.29, 1.82) is 0 Å². The lowest BCUT2D eigenvalue weighted by Crippen LogP contribution is -2.35. The van der Waals surface area contributed by atoms with Crippen LogP contribution in [0.25, 0.3) is 0 Å². The van der Waals surface area contributed by atoms with Crippen LogP contribution in [0.3, 0.4) is 0 Å². The van der Waals surface area contributed by atoms with Gasteiger partial charge in [0.2, 0.25) is 0 Å². The van der Waals surface area contributed by atoms with E-state index in [4.69, 9.17) is 4.98 Å². The second-order valence-corrected chi connectivity index (χ2v) is 6.14. The van der Waals surface area contributed by atoms with E-state index in [1.807, 2.05) is 13.2 Å². The molecule has 2 rings (SSSR count). The van der Waals surface area contributed by atoms with E-state index < -0.39 is 0 Å². The van der Waals surface area contributed by atoms with E-state index in [-0.39, 0.29) is 0 Å². The molecule has 1 fully saturated rings. The van der Waals surface area contributed by atoms with Crippen molar-refractivity contribution in [3.05, 3.63) is 17.7 Å². The summed E-state index contributed by atoms with van der Waals surface area (Å²) in [5, 5.41) is 3.24. The third-order valence-electron chi connectivity index (χ3n) is 4.26. The fourth-order valence-corrected chi connectivity index (χ4v) is 3.12. The Kier molecular flexibility index (Phi) is 4.97. The fourth-order valence-electron chi connectivity index (χ4n) is 3.12. The summed E-state index contributed by atoms with van der Waals surface area (Å²) in [7, 11) is 1.98. The molecule has 0 aliphatic carbocycles. The Morgan fingerprint density at radius 2 is 2.15 bits per heavy atom. The summed E-state index contributed by atoms with van der Waals surface area (Å²) >= 11 is 0. The van der Waals surface area contributed by atoms with Gasteiger partial charge >= 0.3 is 0 Å². The van der Waals surface area contributed by atoms with Crippen LogP contribution in [0, 0.1) is 0 Å². The van der Waals surface area contributed by atoms with Crippen molar-refractivity contribution >= 4 is 5.69 Å². The van der Waals surface area contributed by atoms with Crippen molar-refractivity contribution < 1.29 is 0 Å². The first-order valence-corrected chi connectivity index (χ1v) is 7.87. The number of nitrogens with one attached hydrogen (secondary N) is 1. The lowest BCUT2D eigenvalue weighted by Gasteiger charge is -2.31. The predicted molar refractivity (Wildman–Crippen MR) is 84.1 cm³/mol. The van der Waals surface area contributed by atoms with E-state index in [0.29, 0.717) is 18.0 Å². The minimum atomic E-state index is 0.373. The first-order chi connectivity index (χ1) is 9.58. The Labute approximate surface area is 123 Å². The highest BCUT2D eigenvalue weighted by Gasteiger charge is 2.31. The highest BCUT2D eigenvalue weighted by Crippen LogP contribution is 2.33. The van der Waals surface area contributed by atoms with Gasteiger partial charge in [-0.2, -0.15) is 0 Å². The summed E-state index contributed by atoms with van der Waals surface area (Å²) < 4.78 is 0. The molecule has 1 N–H and O–H groups in total.